The first-order valence-electron chi connectivity index (χ1n) is 9.67. The van der Waals surface area contributed by atoms with Gasteiger partial charge in [0.05, 0.1) is 30.9 Å². The van der Waals surface area contributed by atoms with Crippen molar-refractivity contribution >= 4 is 5.70 Å². The van der Waals surface area contributed by atoms with Crippen LogP contribution in [0.2, 0.25) is 0 Å². The fraction of sp³-hybridized carbons (Fsp3) is 0.391. The summed E-state index contributed by atoms with van der Waals surface area (Å²) in [5.41, 5.74) is 1.71. The highest BCUT2D eigenvalue weighted by atomic mass is 19.3. The van der Waals surface area contributed by atoms with Crippen molar-refractivity contribution in [3.8, 4) is 5.75 Å². The maximum atomic E-state index is 13.9. The van der Waals surface area contributed by atoms with Crippen LogP contribution >= 0.6 is 0 Å². The van der Waals surface area contributed by atoms with Gasteiger partial charge in [-0.15, -0.1) is 0 Å². The number of aliphatic hydroxyl groups is 1. The second-order valence-electron chi connectivity index (χ2n) is 6.83. The molecule has 1 rings (SSSR count). The van der Waals surface area contributed by atoms with Gasteiger partial charge in [-0.1, -0.05) is 25.7 Å². The molecule has 0 amide bonds. The summed E-state index contributed by atoms with van der Waals surface area (Å²) in [5.74, 6) is 3.56. The molecule has 1 aromatic carbocycles. The number of nitrogens with zero attached hydrogens (tertiary/aromatic N) is 1. The Morgan fingerprint density at radius 3 is 2.47 bits per heavy atom. The molecule has 0 aliphatic rings. The van der Waals surface area contributed by atoms with Gasteiger partial charge in [0.15, 0.2) is 0 Å². The Morgan fingerprint density at radius 2 is 1.97 bits per heavy atom. The van der Waals surface area contributed by atoms with Crippen LogP contribution in [0.3, 0.4) is 0 Å². The predicted molar refractivity (Wildman–Crippen MR) is 116 cm³/mol. The van der Waals surface area contributed by atoms with Crippen molar-refractivity contribution in [2.45, 2.75) is 33.1 Å². The Labute approximate surface area is 177 Å². The number of nitrogens with two attached hydrogens (primary N) is 1. The molecule has 0 fully saturated rings. The molecule has 0 bridgehead atoms. The summed E-state index contributed by atoms with van der Waals surface area (Å²) in [6.07, 6.45) is 7.36. The molecule has 0 saturated carbocycles. The molecule has 0 spiro atoms. The van der Waals surface area contributed by atoms with Crippen LogP contribution in [-0.4, -0.2) is 36.4 Å². The second kappa shape index (κ2) is 12.1. The maximum absolute atomic E-state index is 13.9. The Kier molecular flexibility index (Phi) is 10.3. The van der Waals surface area contributed by atoms with Gasteiger partial charge in [0.1, 0.15) is 12.4 Å². The summed E-state index contributed by atoms with van der Waals surface area (Å²) >= 11 is 0. The highest BCUT2D eigenvalue weighted by Crippen LogP contribution is 2.30. The molecule has 0 aliphatic carbocycles. The topological polar surface area (TPSA) is 68.0 Å². The van der Waals surface area contributed by atoms with Crippen LogP contribution in [0.25, 0.3) is 5.70 Å². The van der Waals surface area contributed by atoms with Crippen LogP contribution in [0.15, 0.2) is 66.6 Å². The summed E-state index contributed by atoms with van der Waals surface area (Å²) in [6, 6.07) is 6.88. The lowest BCUT2D eigenvalue weighted by atomic mass is 10.0. The lowest BCUT2D eigenvalue weighted by Crippen LogP contribution is -2.30. The highest BCUT2D eigenvalue weighted by molar-refractivity contribution is 5.66. The Hall–Kier alpha value is -2.64. The average Bonchev–Trinajstić information content (AvgIpc) is 2.72. The third-order valence-electron chi connectivity index (χ3n) is 4.47. The molecule has 0 aliphatic heterocycles. The van der Waals surface area contributed by atoms with Crippen LogP contribution in [0.1, 0.15) is 32.8 Å². The first kappa shape index (κ1) is 25.4. The number of alkyl halides is 2. The minimum absolute atomic E-state index is 0.0982. The van der Waals surface area contributed by atoms with Crippen molar-refractivity contribution < 1.29 is 23.4 Å². The van der Waals surface area contributed by atoms with E-state index in [2.05, 4.69) is 6.58 Å². The minimum Gasteiger partial charge on any atom is -0.501 e. The van der Waals surface area contributed by atoms with E-state index in [9.17, 15) is 8.78 Å². The summed E-state index contributed by atoms with van der Waals surface area (Å²) in [7, 11) is 1.54. The third kappa shape index (κ3) is 8.00. The SMILES string of the molecule is C=C(CC=C/C(=C\C)N(N)/C(=C\C(C)C(C)(F)F)c1ccc(OCCO)cc1)OC. The third-order valence-corrected chi connectivity index (χ3v) is 4.47. The molecule has 1 aromatic rings. The predicted octanol–water partition coefficient (Wildman–Crippen LogP) is 4.88. The smallest absolute Gasteiger partial charge is 0.251 e. The van der Waals surface area contributed by atoms with Gasteiger partial charge in [-0.2, -0.15) is 0 Å². The zero-order valence-corrected chi connectivity index (χ0v) is 18.1. The number of hydrogen-bond donors (Lipinski definition) is 2. The summed E-state index contributed by atoms with van der Waals surface area (Å²) in [4.78, 5) is 0. The van der Waals surface area contributed by atoms with Crippen molar-refractivity contribution in [2.24, 2.45) is 11.8 Å². The number of hydrogen-bond acceptors (Lipinski definition) is 5. The maximum Gasteiger partial charge on any atom is 0.251 e. The van der Waals surface area contributed by atoms with Gasteiger partial charge < -0.3 is 14.6 Å². The van der Waals surface area contributed by atoms with Crippen LogP contribution < -0.4 is 10.6 Å². The lowest BCUT2D eigenvalue weighted by Gasteiger charge is -2.26. The fourth-order valence-corrected chi connectivity index (χ4v) is 2.43. The molecule has 5 nitrogen and oxygen atoms in total. The first-order valence-corrected chi connectivity index (χ1v) is 9.67. The number of allylic oxidation sites excluding steroid dienone is 4. The van der Waals surface area contributed by atoms with Crippen molar-refractivity contribution in [3.05, 3.63) is 72.2 Å². The summed E-state index contributed by atoms with van der Waals surface area (Å²) < 4.78 is 38.1. The number of rotatable bonds is 12. The number of halogens is 2. The van der Waals surface area contributed by atoms with Crippen LogP contribution in [0.4, 0.5) is 8.78 Å². The van der Waals surface area contributed by atoms with Crippen molar-refractivity contribution in [3.63, 3.8) is 0 Å². The molecule has 7 heteroatoms. The van der Waals surface area contributed by atoms with Gasteiger partial charge in [0.25, 0.3) is 5.92 Å². The number of benzene rings is 1. The quantitative estimate of drug-likeness (QED) is 0.218. The van der Waals surface area contributed by atoms with E-state index >= 15 is 0 Å². The van der Waals surface area contributed by atoms with Crippen molar-refractivity contribution in [1.29, 1.82) is 0 Å². The molecule has 30 heavy (non-hydrogen) atoms. The standard InChI is InChI=1S/C23H32F2N2O3/c1-6-20(9-7-8-18(3)29-5)27(26)22(16-17(2)23(4,24)25)19-10-12-21(13-11-19)30-15-14-28/h6-7,9-13,16-17,28H,3,8,14-15,26H2,1-2,4-5H3/b9-7?,20-6+,22-16-. The minimum atomic E-state index is -2.90. The molecule has 1 atom stereocenters. The van der Waals surface area contributed by atoms with E-state index in [1.54, 1.807) is 43.5 Å². The normalized spacial score (nSPS) is 14.0. The highest BCUT2D eigenvalue weighted by Gasteiger charge is 2.29. The number of methoxy groups -OCH3 is 1. The van der Waals surface area contributed by atoms with Crippen LogP contribution in [0.5, 0.6) is 5.75 Å². The number of ether oxygens (including phenoxy) is 2. The molecule has 0 aromatic heterocycles. The molecule has 0 radical (unpaired) electrons. The van der Waals surface area contributed by atoms with Crippen LogP contribution in [-0.2, 0) is 4.74 Å². The van der Waals surface area contributed by atoms with Gasteiger partial charge in [-0.25, -0.2) is 14.6 Å². The van der Waals surface area contributed by atoms with Gasteiger partial charge in [-0.3, -0.25) is 5.01 Å². The van der Waals surface area contributed by atoms with Gasteiger partial charge in [0.2, 0.25) is 0 Å². The van der Waals surface area contributed by atoms with E-state index in [1.807, 2.05) is 13.0 Å². The van der Waals surface area contributed by atoms with Crippen LogP contribution in [0, 0.1) is 5.92 Å². The van der Waals surface area contributed by atoms with Gasteiger partial charge in [-0.05, 0) is 55.8 Å². The van der Waals surface area contributed by atoms with E-state index in [0.29, 0.717) is 34.9 Å². The summed E-state index contributed by atoms with van der Waals surface area (Å²) in [5, 5.41) is 10.2. The average molecular weight is 423 g/mol. The van der Waals surface area contributed by atoms with Crippen molar-refractivity contribution in [1.82, 2.24) is 5.01 Å². The number of aliphatic hydroxyl groups excluding tert-OH is 1. The molecular formula is C23H32F2N2O3. The molecule has 1 unspecified atom stereocenters. The van der Waals surface area contributed by atoms with Gasteiger partial charge >= 0.3 is 0 Å². The lowest BCUT2D eigenvalue weighted by molar-refractivity contribution is -0.0142. The van der Waals surface area contributed by atoms with E-state index < -0.39 is 11.8 Å². The van der Waals surface area contributed by atoms with E-state index in [4.69, 9.17) is 20.4 Å². The summed E-state index contributed by atoms with van der Waals surface area (Å²) in [6.45, 7) is 7.97. The number of hydrazine groups is 1. The Balaban J connectivity index is 3.26. The van der Waals surface area contributed by atoms with Crippen molar-refractivity contribution in [2.75, 3.05) is 20.3 Å². The van der Waals surface area contributed by atoms with E-state index in [1.165, 1.54) is 18.0 Å². The Morgan fingerprint density at radius 1 is 1.33 bits per heavy atom. The molecule has 0 saturated heterocycles. The Bertz CT molecular complexity index is 766. The first-order chi connectivity index (χ1) is 14.1. The molecule has 3 N–H and O–H groups in total. The molecular weight excluding hydrogens is 390 g/mol. The zero-order chi connectivity index (χ0) is 22.7. The van der Waals surface area contributed by atoms with E-state index in [0.717, 1.165) is 6.92 Å². The zero-order valence-electron chi connectivity index (χ0n) is 18.1. The van der Waals surface area contributed by atoms with E-state index in [-0.39, 0.29) is 13.2 Å². The molecule has 0 heterocycles. The second-order valence-corrected chi connectivity index (χ2v) is 6.83. The monoisotopic (exact) mass is 422 g/mol. The largest absolute Gasteiger partial charge is 0.501 e. The fourth-order valence-electron chi connectivity index (χ4n) is 2.43. The van der Waals surface area contributed by atoms with Gasteiger partial charge in [0, 0.05) is 12.3 Å². The molecule has 166 valence electrons.